The van der Waals surface area contributed by atoms with Crippen molar-refractivity contribution in [3.8, 4) is 0 Å². The van der Waals surface area contributed by atoms with Crippen molar-refractivity contribution in [3.63, 3.8) is 0 Å². The number of hydrogen-bond acceptors (Lipinski definition) is 2. The van der Waals surface area contributed by atoms with Crippen molar-refractivity contribution in [3.05, 3.63) is 28.5 Å². The first-order valence-corrected chi connectivity index (χ1v) is 4.33. The molecule has 11 heavy (non-hydrogen) atoms. The molecule has 1 heterocycles. The van der Waals surface area contributed by atoms with Crippen LogP contribution in [-0.2, 0) is 0 Å². The smallest absolute Gasteiger partial charge is 0.111 e. The summed E-state index contributed by atoms with van der Waals surface area (Å²) in [4.78, 5) is 4.00. The Labute approximate surface area is 74.4 Å². The van der Waals surface area contributed by atoms with Gasteiger partial charge in [-0.1, -0.05) is 13.0 Å². The summed E-state index contributed by atoms with van der Waals surface area (Å²) < 4.78 is 0.731. The van der Waals surface area contributed by atoms with Crippen LogP contribution in [0.5, 0.6) is 0 Å². The summed E-state index contributed by atoms with van der Waals surface area (Å²) >= 11 is 3.27. The zero-order chi connectivity index (χ0) is 8.27. The number of rotatable bonds is 2. The summed E-state index contributed by atoms with van der Waals surface area (Å²) in [5, 5.41) is 9.44. The van der Waals surface area contributed by atoms with Gasteiger partial charge in [-0.15, -0.1) is 0 Å². The molecule has 1 aromatic rings. The minimum absolute atomic E-state index is 0.405. The lowest BCUT2D eigenvalue weighted by molar-refractivity contribution is 0.172. The summed E-state index contributed by atoms with van der Waals surface area (Å²) in [6.45, 7) is 1.93. The minimum atomic E-state index is -0.405. The number of halogens is 1. The molecule has 0 radical (unpaired) electrons. The molecule has 0 bridgehead atoms. The van der Waals surface area contributed by atoms with E-state index in [4.69, 9.17) is 0 Å². The van der Waals surface area contributed by atoms with Gasteiger partial charge in [0.15, 0.2) is 0 Å². The molecule has 0 amide bonds. The van der Waals surface area contributed by atoms with Gasteiger partial charge < -0.3 is 5.11 Å². The highest BCUT2D eigenvalue weighted by Crippen LogP contribution is 2.22. The molecule has 0 aliphatic carbocycles. The molecule has 60 valence electrons. The predicted molar refractivity (Wildman–Crippen MR) is 47.2 cm³/mol. The Balaban J connectivity index is 2.93. The largest absolute Gasteiger partial charge is 0.388 e. The monoisotopic (exact) mass is 215 g/mol. The Morgan fingerprint density at radius 1 is 1.73 bits per heavy atom. The number of nitrogens with zero attached hydrogens (tertiary/aromatic N) is 1. The van der Waals surface area contributed by atoms with Crippen LogP contribution in [0.25, 0.3) is 0 Å². The van der Waals surface area contributed by atoms with Crippen LogP contribution < -0.4 is 0 Å². The SMILES string of the molecule is CCC(O)c1cccnc1Br. The van der Waals surface area contributed by atoms with Gasteiger partial charge >= 0.3 is 0 Å². The Morgan fingerprint density at radius 3 is 3.00 bits per heavy atom. The van der Waals surface area contributed by atoms with Crippen LogP contribution in [0.15, 0.2) is 22.9 Å². The molecule has 1 unspecified atom stereocenters. The van der Waals surface area contributed by atoms with E-state index in [2.05, 4.69) is 20.9 Å². The summed E-state index contributed by atoms with van der Waals surface area (Å²) in [7, 11) is 0. The second kappa shape index (κ2) is 3.83. The first-order chi connectivity index (χ1) is 5.25. The molecular weight excluding hydrogens is 206 g/mol. The van der Waals surface area contributed by atoms with Gasteiger partial charge in [0.25, 0.3) is 0 Å². The summed E-state index contributed by atoms with van der Waals surface area (Å²) in [5.41, 5.74) is 0.856. The van der Waals surface area contributed by atoms with Crippen LogP contribution in [-0.4, -0.2) is 10.1 Å². The summed E-state index contributed by atoms with van der Waals surface area (Å²) in [6, 6.07) is 3.68. The highest BCUT2D eigenvalue weighted by Gasteiger charge is 2.07. The van der Waals surface area contributed by atoms with Crippen LogP contribution in [0, 0.1) is 0 Å². The molecule has 1 rings (SSSR count). The lowest BCUT2D eigenvalue weighted by Gasteiger charge is -2.08. The highest BCUT2D eigenvalue weighted by molar-refractivity contribution is 9.10. The maximum Gasteiger partial charge on any atom is 0.111 e. The van der Waals surface area contributed by atoms with Gasteiger partial charge in [-0.25, -0.2) is 4.98 Å². The molecule has 0 spiro atoms. The number of aliphatic hydroxyl groups is 1. The van der Waals surface area contributed by atoms with E-state index in [-0.39, 0.29) is 0 Å². The number of aliphatic hydroxyl groups excluding tert-OH is 1. The minimum Gasteiger partial charge on any atom is -0.388 e. The molecule has 1 N–H and O–H groups in total. The van der Waals surface area contributed by atoms with Crippen LogP contribution in [0.3, 0.4) is 0 Å². The number of hydrogen-bond donors (Lipinski definition) is 1. The molecular formula is C8H10BrNO. The topological polar surface area (TPSA) is 33.1 Å². The third kappa shape index (κ3) is 2.01. The average Bonchev–Trinajstić information content (AvgIpc) is 2.04. The van der Waals surface area contributed by atoms with Crippen LogP contribution >= 0.6 is 15.9 Å². The Hall–Kier alpha value is -0.410. The van der Waals surface area contributed by atoms with Gasteiger partial charge in [-0.05, 0) is 28.4 Å². The van der Waals surface area contributed by atoms with Crippen molar-refractivity contribution in [2.75, 3.05) is 0 Å². The Bertz CT molecular complexity index is 239. The third-order valence-electron chi connectivity index (χ3n) is 1.53. The fourth-order valence-corrected chi connectivity index (χ4v) is 1.38. The zero-order valence-electron chi connectivity index (χ0n) is 6.29. The normalized spacial score (nSPS) is 13.0. The maximum absolute atomic E-state index is 9.44. The standard InChI is InChI=1S/C8H10BrNO/c1-2-7(11)6-4-3-5-10-8(6)9/h3-5,7,11H,2H2,1H3. The van der Waals surface area contributed by atoms with Crippen LogP contribution in [0.4, 0.5) is 0 Å². The van der Waals surface area contributed by atoms with Crippen molar-refractivity contribution in [1.82, 2.24) is 4.98 Å². The number of pyridine rings is 1. The molecule has 0 saturated carbocycles. The van der Waals surface area contributed by atoms with Crippen molar-refractivity contribution >= 4 is 15.9 Å². The van der Waals surface area contributed by atoms with E-state index in [1.807, 2.05) is 19.1 Å². The van der Waals surface area contributed by atoms with Crippen molar-refractivity contribution in [2.45, 2.75) is 19.4 Å². The molecule has 1 atom stereocenters. The van der Waals surface area contributed by atoms with Gasteiger partial charge in [-0.2, -0.15) is 0 Å². The fraction of sp³-hybridized carbons (Fsp3) is 0.375. The average molecular weight is 216 g/mol. The summed E-state index contributed by atoms with van der Waals surface area (Å²) in [5.74, 6) is 0. The maximum atomic E-state index is 9.44. The third-order valence-corrected chi connectivity index (χ3v) is 2.20. The number of aromatic nitrogens is 1. The van der Waals surface area contributed by atoms with Crippen LogP contribution in [0.2, 0.25) is 0 Å². The van der Waals surface area contributed by atoms with Gasteiger partial charge in [0, 0.05) is 11.8 Å². The van der Waals surface area contributed by atoms with Crippen molar-refractivity contribution in [1.29, 1.82) is 0 Å². The van der Waals surface area contributed by atoms with E-state index < -0.39 is 6.10 Å². The van der Waals surface area contributed by atoms with E-state index in [0.717, 1.165) is 10.2 Å². The predicted octanol–water partition coefficient (Wildman–Crippen LogP) is 2.29. The fourth-order valence-electron chi connectivity index (χ4n) is 0.867. The van der Waals surface area contributed by atoms with E-state index >= 15 is 0 Å². The highest BCUT2D eigenvalue weighted by atomic mass is 79.9. The van der Waals surface area contributed by atoms with Gasteiger partial charge in [-0.3, -0.25) is 0 Å². The molecule has 0 aliphatic heterocycles. The van der Waals surface area contributed by atoms with E-state index in [1.165, 1.54) is 0 Å². The van der Waals surface area contributed by atoms with E-state index in [9.17, 15) is 5.11 Å². The second-order valence-electron chi connectivity index (χ2n) is 2.31. The van der Waals surface area contributed by atoms with E-state index in [0.29, 0.717) is 6.42 Å². The molecule has 3 heteroatoms. The Kier molecular flexibility index (Phi) is 3.02. The first-order valence-electron chi connectivity index (χ1n) is 3.54. The van der Waals surface area contributed by atoms with Crippen molar-refractivity contribution in [2.24, 2.45) is 0 Å². The molecule has 2 nitrogen and oxygen atoms in total. The van der Waals surface area contributed by atoms with Crippen LogP contribution in [0.1, 0.15) is 25.0 Å². The molecule has 0 fully saturated rings. The second-order valence-corrected chi connectivity index (χ2v) is 3.06. The van der Waals surface area contributed by atoms with Gasteiger partial charge in [0.1, 0.15) is 4.60 Å². The first kappa shape index (κ1) is 8.68. The molecule has 0 saturated heterocycles. The Morgan fingerprint density at radius 2 is 2.45 bits per heavy atom. The molecule has 1 aromatic heterocycles. The lowest BCUT2D eigenvalue weighted by atomic mass is 10.1. The zero-order valence-corrected chi connectivity index (χ0v) is 7.87. The van der Waals surface area contributed by atoms with Gasteiger partial charge in [0.05, 0.1) is 6.10 Å². The lowest BCUT2D eigenvalue weighted by Crippen LogP contribution is -1.96. The quantitative estimate of drug-likeness (QED) is 0.769. The van der Waals surface area contributed by atoms with Gasteiger partial charge in [0.2, 0.25) is 0 Å². The molecule has 0 aliphatic rings. The molecule has 0 aromatic carbocycles. The summed E-state index contributed by atoms with van der Waals surface area (Å²) in [6.07, 6.45) is 2.00. The van der Waals surface area contributed by atoms with Crippen molar-refractivity contribution < 1.29 is 5.11 Å². The van der Waals surface area contributed by atoms with E-state index in [1.54, 1.807) is 6.20 Å².